The minimum absolute atomic E-state index is 0.825. The molecule has 0 N–H and O–H groups in total. The summed E-state index contributed by atoms with van der Waals surface area (Å²) >= 11 is 0. The van der Waals surface area contributed by atoms with E-state index >= 15 is 0 Å². The van der Waals surface area contributed by atoms with Gasteiger partial charge in [0.15, 0.2) is 0 Å². The number of benzene rings is 3. The number of anilines is 1. The summed E-state index contributed by atoms with van der Waals surface area (Å²) in [6, 6.07) is 31.9. The van der Waals surface area contributed by atoms with E-state index in [4.69, 9.17) is 4.99 Å². The number of aliphatic imine (C=N–C) groups is 1. The smallest absolute Gasteiger partial charge is 0.119 e. The number of amidine groups is 1. The average Bonchev–Trinajstić information content (AvgIpc) is 3.16. The Morgan fingerprint density at radius 1 is 0.704 bits per heavy atom. The van der Waals surface area contributed by atoms with Crippen LogP contribution in [0, 0.1) is 0 Å². The van der Waals surface area contributed by atoms with E-state index < -0.39 is 0 Å². The molecule has 0 unspecified atom stereocenters. The Hall–Kier alpha value is -3.07. The van der Waals surface area contributed by atoms with Crippen molar-refractivity contribution in [2.24, 2.45) is 4.99 Å². The van der Waals surface area contributed by atoms with Gasteiger partial charge in [0.25, 0.3) is 0 Å². The molecule has 3 aromatic carbocycles. The Labute approximate surface area is 161 Å². The van der Waals surface area contributed by atoms with E-state index in [9.17, 15) is 0 Å². The van der Waals surface area contributed by atoms with Gasteiger partial charge in [-0.25, -0.2) is 0 Å². The van der Waals surface area contributed by atoms with Crippen molar-refractivity contribution in [3.63, 3.8) is 0 Å². The molecule has 4 rings (SSSR count). The van der Waals surface area contributed by atoms with Crippen LogP contribution in [-0.2, 0) is 13.1 Å². The van der Waals surface area contributed by atoms with Gasteiger partial charge in [0.1, 0.15) is 5.84 Å². The summed E-state index contributed by atoms with van der Waals surface area (Å²) in [4.78, 5) is 9.65. The van der Waals surface area contributed by atoms with E-state index in [-0.39, 0.29) is 0 Å². The molecule has 3 heteroatoms. The normalized spacial score (nSPS) is 13.5. The second-order valence-electron chi connectivity index (χ2n) is 6.88. The SMILES string of the molecule is c1ccc(CN2CCN=C2CN(Cc2ccccc2)c2ccccc2)cc1. The van der Waals surface area contributed by atoms with E-state index in [0.717, 1.165) is 32.7 Å². The van der Waals surface area contributed by atoms with Gasteiger partial charge in [0.2, 0.25) is 0 Å². The Bertz CT molecular complexity index is 860. The van der Waals surface area contributed by atoms with Gasteiger partial charge in [-0.2, -0.15) is 0 Å². The number of para-hydroxylation sites is 1. The Balaban J connectivity index is 1.52. The predicted octanol–water partition coefficient (Wildman–Crippen LogP) is 4.61. The topological polar surface area (TPSA) is 18.8 Å². The van der Waals surface area contributed by atoms with Crippen molar-refractivity contribution < 1.29 is 0 Å². The third-order valence-electron chi connectivity index (χ3n) is 4.92. The van der Waals surface area contributed by atoms with Gasteiger partial charge in [-0.1, -0.05) is 78.9 Å². The molecule has 0 aliphatic carbocycles. The first-order chi connectivity index (χ1) is 13.4. The zero-order chi connectivity index (χ0) is 18.3. The van der Waals surface area contributed by atoms with Crippen LogP contribution in [0.1, 0.15) is 11.1 Å². The van der Waals surface area contributed by atoms with Crippen LogP contribution in [0.3, 0.4) is 0 Å². The van der Waals surface area contributed by atoms with E-state index in [0.29, 0.717) is 0 Å². The molecule has 1 aliphatic rings. The molecular formula is C24H25N3. The van der Waals surface area contributed by atoms with Gasteiger partial charge < -0.3 is 9.80 Å². The van der Waals surface area contributed by atoms with Crippen molar-refractivity contribution in [2.45, 2.75) is 13.1 Å². The summed E-state index contributed by atoms with van der Waals surface area (Å²) in [5.41, 5.74) is 3.88. The lowest BCUT2D eigenvalue weighted by molar-refractivity contribution is 0.446. The molecule has 0 fully saturated rings. The molecule has 0 spiro atoms. The lowest BCUT2D eigenvalue weighted by Crippen LogP contribution is -2.37. The highest BCUT2D eigenvalue weighted by molar-refractivity contribution is 5.88. The fourth-order valence-corrected chi connectivity index (χ4v) is 3.50. The molecule has 3 aromatic rings. The number of nitrogens with zero attached hydrogens (tertiary/aromatic N) is 3. The van der Waals surface area contributed by atoms with Gasteiger partial charge in [-0.05, 0) is 23.3 Å². The highest BCUT2D eigenvalue weighted by Crippen LogP contribution is 2.19. The third-order valence-corrected chi connectivity index (χ3v) is 4.92. The Morgan fingerprint density at radius 3 is 1.96 bits per heavy atom. The minimum Gasteiger partial charge on any atom is -0.360 e. The van der Waals surface area contributed by atoms with Crippen LogP contribution in [0.15, 0.2) is 96.0 Å². The average molecular weight is 355 g/mol. The molecule has 1 heterocycles. The van der Waals surface area contributed by atoms with Gasteiger partial charge in [0.05, 0.1) is 13.1 Å². The standard InChI is InChI=1S/C24H25N3/c1-4-10-21(11-5-1)18-26-17-16-25-24(26)20-27(23-14-8-3-9-15-23)19-22-12-6-2-7-13-22/h1-15H,16-20H2. The minimum atomic E-state index is 0.825. The van der Waals surface area contributed by atoms with Crippen LogP contribution < -0.4 is 4.90 Å². The van der Waals surface area contributed by atoms with Crippen LogP contribution in [0.4, 0.5) is 5.69 Å². The summed E-state index contributed by atoms with van der Waals surface area (Å²) in [6.07, 6.45) is 0. The quantitative estimate of drug-likeness (QED) is 0.616. The van der Waals surface area contributed by atoms with Crippen LogP contribution in [-0.4, -0.2) is 30.4 Å². The monoisotopic (exact) mass is 355 g/mol. The van der Waals surface area contributed by atoms with Crippen LogP contribution >= 0.6 is 0 Å². The van der Waals surface area contributed by atoms with Crippen molar-refractivity contribution in [3.05, 3.63) is 102 Å². The fraction of sp³-hybridized carbons (Fsp3) is 0.208. The first-order valence-electron chi connectivity index (χ1n) is 9.54. The van der Waals surface area contributed by atoms with Crippen molar-refractivity contribution in [3.8, 4) is 0 Å². The number of hydrogen-bond acceptors (Lipinski definition) is 3. The number of rotatable bonds is 7. The molecule has 0 amide bonds. The highest BCUT2D eigenvalue weighted by Gasteiger charge is 2.20. The maximum absolute atomic E-state index is 4.82. The second-order valence-corrected chi connectivity index (χ2v) is 6.88. The first-order valence-corrected chi connectivity index (χ1v) is 9.54. The summed E-state index contributed by atoms with van der Waals surface area (Å²) in [5.74, 6) is 1.18. The van der Waals surface area contributed by atoms with E-state index in [1.807, 2.05) is 0 Å². The summed E-state index contributed by atoms with van der Waals surface area (Å²) < 4.78 is 0. The molecule has 27 heavy (non-hydrogen) atoms. The molecule has 0 radical (unpaired) electrons. The third kappa shape index (κ3) is 4.56. The largest absolute Gasteiger partial charge is 0.360 e. The lowest BCUT2D eigenvalue weighted by Gasteiger charge is -2.29. The van der Waals surface area contributed by atoms with Gasteiger partial charge in [-0.15, -0.1) is 0 Å². The maximum Gasteiger partial charge on any atom is 0.119 e. The zero-order valence-electron chi connectivity index (χ0n) is 15.5. The maximum atomic E-state index is 4.82. The van der Waals surface area contributed by atoms with Crippen molar-refractivity contribution >= 4 is 11.5 Å². The first kappa shape index (κ1) is 17.3. The molecule has 0 atom stereocenters. The summed E-state index contributed by atoms with van der Waals surface area (Å²) in [5, 5.41) is 0. The summed E-state index contributed by atoms with van der Waals surface area (Å²) in [7, 11) is 0. The molecule has 3 nitrogen and oxygen atoms in total. The van der Waals surface area contributed by atoms with Crippen LogP contribution in [0.5, 0.6) is 0 Å². The molecule has 1 aliphatic heterocycles. The molecule has 0 saturated carbocycles. The summed E-state index contributed by atoms with van der Waals surface area (Å²) in [6.45, 7) is 4.51. The van der Waals surface area contributed by atoms with E-state index in [2.05, 4.69) is 101 Å². The van der Waals surface area contributed by atoms with Gasteiger partial charge in [-0.3, -0.25) is 4.99 Å². The lowest BCUT2D eigenvalue weighted by atomic mass is 10.2. The molecule has 0 saturated heterocycles. The number of hydrogen-bond donors (Lipinski definition) is 0. The molecular weight excluding hydrogens is 330 g/mol. The second kappa shape index (κ2) is 8.54. The zero-order valence-corrected chi connectivity index (χ0v) is 15.5. The Kier molecular flexibility index (Phi) is 5.49. The van der Waals surface area contributed by atoms with Crippen LogP contribution in [0.2, 0.25) is 0 Å². The fourth-order valence-electron chi connectivity index (χ4n) is 3.50. The van der Waals surface area contributed by atoms with E-state index in [1.54, 1.807) is 0 Å². The molecule has 0 aromatic heterocycles. The van der Waals surface area contributed by atoms with Crippen LogP contribution in [0.25, 0.3) is 0 Å². The van der Waals surface area contributed by atoms with Gasteiger partial charge in [0, 0.05) is 25.3 Å². The van der Waals surface area contributed by atoms with Crippen molar-refractivity contribution in [1.29, 1.82) is 0 Å². The van der Waals surface area contributed by atoms with E-state index in [1.165, 1.54) is 22.6 Å². The molecule has 0 bridgehead atoms. The van der Waals surface area contributed by atoms with Crippen molar-refractivity contribution in [2.75, 3.05) is 24.5 Å². The highest BCUT2D eigenvalue weighted by atomic mass is 15.3. The Morgan fingerprint density at radius 2 is 1.30 bits per heavy atom. The van der Waals surface area contributed by atoms with Gasteiger partial charge >= 0.3 is 0 Å². The molecule has 136 valence electrons. The van der Waals surface area contributed by atoms with Crippen molar-refractivity contribution in [1.82, 2.24) is 4.90 Å². The predicted molar refractivity (Wildman–Crippen MR) is 113 cm³/mol.